The number of carboxylic acids is 1. The molecule has 0 radical (unpaired) electrons. The number of amides is 4. The maximum absolute atomic E-state index is 12.3. The van der Waals surface area contributed by atoms with Gasteiger partial charge in [-0.1, -0.05) is 0 Å². The first kappa shape index (κ1) is 16.7. The second-order valence-corrected chi connectivity index (χ2v) is 5.17. The highest BCUT2D eigenvalue weighted by molar-refractivity contribution is 5.87. The van der Waals surface area contributed by atoms with Gasteiger partial charge in [0.25, 0.3) is 0 Å². The molecule has 0 aromatic carbocycles. The number of hydrogen-bond donors (Lipinski definition) is 3. The van der Waals surface area contributed by atoms with Crippen molar-refractivity contribution in [3.05, 3.63) is 0 Å². The van der Waals surface area contributed by atoms with E-state index in [1.54, 1.807) is 6.92 Å². The summed E-state index contributed by atoms with van der Waals surface area (Å²) in [6.45, 7) is 1.14. The van der Waals surface area contributed by atoms with Gasteiger partial charge in [-0.2, -0.15) is 0 Å². The van der Waals surface area contributed by atoms with Crippen molar-refractivity contribution in [3.8, 4) is 0 Å². The fraction of sp³-hybridized carbons (Fsp3) is 0.667. The van der Waals surface area contributed by atoms with Crippen molar-refractivity contribution in [1.29, 1.82) is 0 Å². The lowest BCUT2D eigenvalue weighted by Crippen LogP contribution is -2.54. The van der Waals surface area contributed by atoms with Crippen LogP contribution >= 0.6 is 0 Å². The minimum atomic E-state index is -0.889. The summed E-state index contributed by atoms with van der Waals surface area (Å²) < 4.78 is 0. The van der Waals surface area contributed by atoms with Gasteiger partial charge in [0.15, 0.2) is 0 Å². The van der Waals surface area contributed by atoms with Gasteiger partial charge in [0, 0.05) is 12.6 Å². The van der Waals surface area contributed by atoms with E-state index in [2.05, 4.69) is 0 Å². The number of piperidine rings is 1. The van der Waals surface area contributed by atoms with E-state index in [0.29, 0.717) is 12.8 Å². The number of rotatable bonds is 5. The average Bonchev–Trinajstić information content (AvgIpc) is 2.35. The number of hydrogen-bond acceptors (Lipinski definition) is 4. The highest BCUT2D eigenvalue weighted by atomic mass is 16.4. The van der Waals surface area contributed by atoms with Crippen molar-refractivity contribution in [2.24, 2.45) is 17.4 Å². The molecule has 0 aromatic rings. The number of carbonyl (C=O) groups excluding carboxylic acids is 3. The average molecular weight is 300 g/mol. The Labute approximate surface area is 121 Å². The van der Waals surface area contributed by atoms with Crippen LogP contribution in [0.4, 0.5) is 4.79 Å². The molecule has 1 heterocycles. The summed E-state index contributed by atoms with van der Waals surface area (Å²) >= 11 is 0. The Morgan fingerprint density at radius 3 is 2.10 bits per heavy atom. The standard InChI is InChI=1S/C12H20N4O5/c1-7-4-8(11(19)20)2-3-16(7)12(21)15(5-9(13)17)6-10(14)18/h7-8H,2-6H2,1H3,(H2,13,17)(H2,14,18)(H,19,20). The molecule has 9 heteroatoms. The number of urea groups is 1. The van der Waals surface area contributed by atoms with Crippen LogP contribution in [0.2, 0.25) is 0 Å². The van der Waals surface area contributed by atoms with Crippen LogP contribution in [0.3, 0.4) is 0 Å². The summed E-state index contributed by atoms with van der Waals surface area (Å²) in [6, 6.07) is -0.848. The summed E-state index contributed by atoms with van der Waals surface area (Å²) in [5, 5.41) is 8.99. The molecule has 21 heavy (non-hydrogen) atoms. The molecule has 118 valence electrons. The minimum absolute atomic E-state index is 0.241. The molecule has 1 aliphatic rings. The lowest BCUT2D eigenvalue weighted by atomic mass is 9.92. The zero-order valence-corrected chi connectivity index (χ0v) is 11.8. The molecule has 2 unspecified atom stereocenters. The Hall–Kier alpha value is -2.32. The lowest BCUT2D eigenvalue weighted by molar-refractivity contribution is -0.143. The van der Waals surface area contributed by atoms with Crippen molar-refractivity contribution in [1.82, 2.24) is 9.80 Å². The second kappa shape index (κ2) is 6.91. The topological polar surface area (TPSA) is 147 Å². The molecule has 1 aliphatic heterocycles. The van der Waals surface area contributed by atoms with Gasteiger partial charge >= 0.3 is 12.0 Å². The predicted octanol–water partition coefficient (Wildman–Crippen LogP) is -1.44. The predicted molar refractivity (Wildman–Crippen MR) is 71.9 cm³/mol. The normalized spacial score (nSPS) is 21.7. The number of carbonyl (C=O) groups is 4. The molecule has 2 atom stereocenters. The molecule has 1 saturated heterocycles. The number of carboxylic acid groups (broad SMARTS) is 1. The summed E-state index contributed by atoms with van der Waals surface area (Å²) in [6.07, 6.45) is 0.647. The zero-order valence-electron chi connectivity index (χ0n) is 11.8. The molecular formula is C12H20N4O5. The number of nitrogens with two attached hydrogens (primary N) is 2. The third-order valence-corrected chi connectivity index (χ3v) is 3.44. The first-order chi connectivity index (χ1) is 9.72. The van der Waals surface area contributed by atoms with E-state index in [-0.39, 0.29) is 12.6 Å². The SMILES string of the molecule is CC1CC(C(=O)O)CCN1C(=O)N(CC(N)=O)CC(N)=O. The van der Waals surface area contributed by atoms with Crippen molar-refractivity contribution in [3.63, 3.8) is 0 Å². The molecule has 1 fully saturated rings. The Balaban J connectivity index is 2.77. The van der Waals surface area contributed by atoms with E-state index in [4.69, 9.17) is 16.6 Å². The van der Waals surface area contributed by atoms with Gasteiger partial charge in [0.2, 0.25) is 11.8 Å². The fourth-order valence-corrected chi connectivity index (χ4v) is 2.43. The van der Waals surface area contributed by atoms with E-state index in [9.17, 15) is 19.2 Å². The van der Waals surface area contributed by atoms with Gasteiger partial charge in [-0.05, 0) is 19.8 Å². The smallest absolute Gasteiger partial charge is 0.321 e. The molecule has 0 saturated carbocycles. The monoisotopic (exact) mass is 300 g/mol. The largest absolute Gasteiger partial charge is 0.481 e. The molecule has 0 aliphatic carbocycles. The molecule has 4 amide bonds. The summed E-state index contributed by atoms with van der Waals surface area (Å²) in [5.74, 6) is -2.89. The summed E-state index contributed by atoms with van der Waals surface area (Å²) in [4.78, 5) is 47.7. The fourth-order valence-electron chi connectivity index (χ4n) is 2.43. The van der Waals surface area contributed by atoms with Crippen molar-refractivity contribution < 1.29 is 24.3 Å². The van der Waals surface area contributed by atoms with E-state index < -0.39 is 42.8 Å². The van der Waals surface area contributed by atoms with E-state index in [0.717, 1.165) is 4.90 Å². The Morgan fingerprint density at radius 2 is 1.71 bits per heavy atom. The number of aliphatic carboxylic acids is 1. The second-order valence-electron chi connectivity index (χ2n) is 5.17. The molecule has 0 aromatic heterocycles. The van der Waals surface area contributed by atoms with Crippen LogP contribution < -0.4 is 11.5 Å². The van der Waals surface area contributed by atoms with Crippen LogP contribution in [0.25, 0.3) is 0 Å². The highest BCUT2D eigenvalue weighted by Crippen LogP contribution is 2.24. The van der Waals surface area contributed by atoms with Gasteiger partial charge in [-0.3, -0.25) is 14.4 Å². The summed E-state index contributed by atoms with van der Waals surface area (Å²) in [7, 11) is 0. The maximum atomic E-state index is 12.3. The lowest BCUT2D eigenvalue weighted by Gasteiger charge is -2.38. The van der Waals surface area contributed by atoms with Crippen LogP contribution in [0.5, 0.6) is 0 Å². The first-order valence-electron chi connectivity index (χ1n) is 6.57. The van der Waals surface area contributed by atoms with Crippen LogP contribution in [0.1, 0.15) is 19.8 Å². The molecule has 1 rings (SSSR count). The van der Waals surface area contributed by atoms with Gasteiger partial charge in [-0.15, -0.1) is 0 Å². The van der Waals surface area contributed by atoms with Crippen molar-refractivity contribution in [2.75, 3.05) is 19.6 Å². The maximum Gasteiger partial charge on any atom is 0.321 e. The Kier molecular flexibility index (Phi) is 5.51. The summed E-state index contributed by atoms with van der Waals surface area (Å²) in [5.41, 5.74) is 10.1. The van der Waals surface area contributed by atoms with Gasteiger partial charge < -0.3 is 26.4 Å². The molecule has 5 N–H and O–H groups in total. The zero-order chi connectivity index (χ0) is 16.2. The number of nitrogens with zero attached hydrogens (tertiary/aromatic N) is 2. The Morgan fingerprint density at radius 1 is 1.19 bits per heavy atom. The molecule has 0 bridgehead atoms. The van der Waals surface area contributed by atoms with E-state index in [1.165, 1.54) is 4.90 Å². The van der Waals surface area contributed by atoms with Crippen LogP contribution in [0.15, 0.2) is 0 Å². The van der Waals surface area contributed by atoms with E-state index in [1.807, 2.05) is 0 Å². The van der Waals surface area contributed by atoms with E-state index >= 15 is 0 Å². The minimum Gasteiger partial charge on any atom is -0.481 e. The van der Waals surface area contributed by atoms with Crippen molar-refractivity contribution >= 4 is 23.8 Å². The number of primary amides is 2. The van der Waals surface area contributed by atoms with Crippen LogP contribution in [-0.4, -0.2) is 64.4 Å². The van der Waals surface area contributed by atoms with Gasteiger partial charge in [0.1, 0.15) is 13.1 Å². The Bertz CT molecular complexity index is 437. The highest BCUT2D eigenvalue weighted by Gasteiger charge is 2.34. The first-order valence-corrected chi connectivity index (χ1v) is 6.57. The third-order valence-electron chi connectivity index (χ3n) is 3.44. The van der Waals surface area contributed by atoms with Crippen LogP contribution in [-0.2, 0) is 14.4 Å². The number of likely N-dealkylation sites (tertiary alicyclic amines) is 1. The quantitative estimate of drug-likeness (QED) is 0.569. The molecular weight excluding hydrogens is 280 g/mol. The van der Waals surface area contributed by atoms with Gasteiger partial charge in [-0.25, -0.2) is 4.79 Å². The molecule has 9 nitrogen and oxygen atoms in total. The van der Waals surface area contributed by atoms with Gasteiger partial charge in [0.05, 0.1) is 5.92 Å². The molecule has 0 spiro atoms. The van der Waals surface area contributed by atoms with Crippen molar-refractivity contribution in [2.45, 2.75) is 25.8 Å². The van der Waals surface area contributed by atoms with Crippen LogP contribution in [0, 0.1) is 5.92 Å². The third kappa shape index (κ3) is 4.62.